The van der Waals surface area contributed by atoms with Crippen LogP contribution in [-0.4, -0.2) is 30.5 Å². The van der Waals surface area contributed by atoms with Gasteiger partial charge in [-0.25, -0.2) is 4.99 Å². The van der Waals surface area contributed by atoms with Crippen LogP contribution in [0.25, 0.3) is 0 Å². The molecule has 0 radical (unpaired) electrons. The lowest BCUT2D eigenvalue weighted by Crippen LogP contribution is -2.39. The number of aliphatic imine (C=N–C) groups is 1. The molecule has 104 valence electrons. The fourth-order valence-electron chi connectivity index (χ4n) is 2.54. The summed E-state index contributed by atoms with van der Waals surface area (Å²) in [5.74, 6) is 1.07. The summed E-state index contributed by atoms with van der Waals surface area (Å²) >= 11 is 0. The standard InChI is InChI=1S/C16H25N3/c1-4-17-16(19-9-5-6-10-19)18-12-15-8-7-13(2)11-14(15)3/h7-8,11H,4-6,9-10,12H2,1-3H3,(H,17,18). The largest absolute Gasteiger partial charge is 0.357 e. The van der Waals surface area contributed by atoms with E-state index in [1.165, 1.54) is 29.5 Å². The first kappa shape index (κ1) is 13.9. The molecule has 1 fully saturated rings. The lowest BCUT2D eigenvalue weighted by atomic mass is 10.1. The van der Waals surface area contributed by atoms with E-state index in [9.17, 15) is 0 Å². The second-order valence-corrected chi connectivity index (χ2v) is 5.29. The molecule has 1 aromatic carbocycles. The van der Waals surface area contributed by atoms with Gasteiger partial charge in [-0.3, -0.25) is 0 Å². The van der Waals surface area contributed by atoms with Crippen LogP contribution in [0.1, 0.15) is 36.5 Å². The zero-order valence-corrected chi connectivity index (χ0v) is 12.4. The van der Waals surface area contributed by atoms with Gasteiger partial charge in [-0.05, 0) is 44.7 Å². The van der Waals surface area contributed by atoms with Gasteiger partial charge in [-0.1, -0.05) is 23.8 Å². The number of aryl methyl sites for hydroxylation is 2. The van der Waals surface area contributed by atoms with Gasteiger partial charge < -0.3 is 10.2 Å². The van der Waals surface area contributed by atoms with E-state index in [4.69, 9.17) is 4.99 Å². The molecule has 0 saturated carbocycles. The summed E-state index contributed by atoms with van der Waals surface area (Å²) in [5, 5.41) is 3.40. The highest BCUT2D eigenvalue weighted by atomic mass is 15.3. The van der Waals surface area contributed by atoms with Gasteiger partial charge >= 0.3 is 0 Å². The maximum atomic E-state index is 4.79. The summed E-state index contributed by atoms with van der Waals surface area (Å²) in [4.78, 5) is 7.16. The number of nitrogens with zero attached hydrogens (tertiary/aromatic N) is 2. The Bertz CT molecular complexity index is 445. The summed E-state index contributed by atoms with van der Waals surface area (Å²) < 4.78 is 0. The van der Waals surface area contributed by atoms with E-state index in [0.29, 0.717) is 0 Å². The molecule has 0 atom stereocenters. The van der Waals surface area contributed by atoms with Gasteiger partial charge in [0.05, 0.1) is 6.54 Å². The Morgan fingerprint density at radius 1 is 1.26 bits per heavy atom. The van der Waals surface area contributed by atoms with Crippen LogP contribution in [0.2, 0.25) is 0 Å². The first-order valence-electron chi connectivity index (χ1n) is 7.30. The molecule has 0 unspecified atom stereocenters. The number of guanidine groups is 1. The van der Waals surface area contributed by atoms with Crippen LogP contribution < -0.4 is 5.32 Å². The second kappa shape index (κ2) is 6.60. The zero-order valence-electron chi connectivity index (χ0n) is 12.4. The molecule has 1 aromatic rings. The van der Waals surface area contributed by atoms with Crippen molar-refractivity contribution in [3.8, 4) is 0 Å². The van der Waals surface area contributed by atoms with Crippen molar-refractivity contribution in [2.75, 3.05) is 19.6 Å². The Hall–Kier alpha value is -1.51. The van der Waals surface area contributed by atoms with E-state index in [-0.39, 0.29) is 0 Å². The highest BCUT2D eigenvalue weighted by Gasteiger charge is 2.15. The maximum absolute atomic E-state index is 4.79. The topological polar surface area (TPSA) is 27.6 Å². The van der Waals surface area contributed by atoms with Crippen molar-refractivity contribution in [1.82, 2.24) is 10.2 Å². The van der Waals surface area contributed by atoms with E-state index in [2.05, 4.69) is 49.2 Å². The van der Waals surface area contributed by atoms with Crippen LogP contribution in [-0.2, 0) is 6.54 Å². The Balaban J connectivity index is 2.08. The third-order valence-electron chi connectivity index (χ3n) is 3.64. The summed E-state index contributed by atoms with van der Waals surface area (Å²) in [7, 11) is 0. The van der Waals surface area contributed by atoms with Crippen LogP contribution in [0.4, 0.5) is 0 Å². The van der Waals surface area contributed by atoms with Crippen LogP contribution in [0, 0.1) is 13.8 Å². The van der Waals surface area contributed by atoms with Crippen LogP contribution in [0.15, 0.2) is 23.2 Å². The van der Waals surface area contributed by atoms with E-state index in [1.54, 1.807) is 0 Å². The van der Waals surface area contributed by atoms with Crippen molar-refractivity contribution in [3.63, 3.8) is 0 Å². The summed E-state index contributed by atoms with van der Waals surface area (Å²) in [6.45, 7) is 10.4. The van der Waals surface area contributed by atoms with Crippen molar-refractivity contribution < 1.29 is 0 Å². The molecule has 1 saturated heterocycles. The number of likely N-dealkylation sites (tertiary alicyclic amines) is 1. The third kappa shape index (κ3) is 3.72. The summed E-state index contributed by atoms with van der Waals surface area (Å²) in [5.41, 5.74) is 3.97. The molecule has 0 spiro atoms. The Kier molecular flexibility index (Phi) is 4.83. The second-order valence-electron chi connectivity index (χ2n) is 5.29. The fraction of sp³-hybridized carbons (Fsp3) is 0.562. The lowest BCUT2D eigenvalue weighted by Gasteiger charge is -2.20. The fourth-order valence-corrected chi connectivity index (χ4v) is 2.54. The first-order valence-corrected chi connectivity index (χ1v) is 7.30. The van der Waals surface area contributed by atoms with Crippen LogP contribution in [0.5, 0.6) is 0 Å². The summed E-state index contributed by atoms with van der Waals surface area (Å²) in [6, 6.07) is 6.59. The minimum atomic E-state index is 0.769. The predicted octanol–water partition coefficient (Wildman–Crippen LogP) is 2.86. The molecule has 0 bridgehead atoms. The molecule has 1 aliphatic rings. The van der Waals surface area contributed by atoms with Gasteiger partial charge in [0.1, 0.15) is 0 Å². The highest BCUT2D eigenvalue weighted by Crippen LogP contribution is 2.13. The van der Waals surface area contributed by atoms with Gasteiger partial charge in [0, 0.05) is 19.6 Å². The molecule has 0 aliphatic carbocycles. The molecule has 1 N–H and O–H groups in total. The monoisotopic (exact) mass is 259 g/mol. The average Bonchev–Trinajstić information content (AvgIpc) is 2.90. The van der Waals surface area contributed by atoms with E-state index in [0.717, 1.165) is 32.1 Å². The molecular weight excluding hydrogens is 234 g/mol. The van der Waals surface area contributed by atoms with Gasteiger partial charge in [0.15, 0.2) is 5.96 Å². The van der Waals surface area contributed by atoms with Crippen molar-refractivity contribution in [3.05, 3.63) is 34.9 Å². The van der Waals surface area contributed by atoms with Crippen molar-refractivity contribution in [2.24, 2.45) is 4.99 Å². The molecule has 3 nitrogen and oxygen atoms in total. The molecule has 3 heteroatoms. The van der Waals surface area contributed by atoms with Crippen molar-refractivity contribution >= 4 is 5.96 Å². The number of hydrogen-bond acceptors (Lipinski definition) is 1. The zero-order chi connectivity index (χ0) is 13.7. The predicted molar refractivity (Wildman–Crippen MR) is 81.5 cm³/mol. The summed E-state index contributed by atoms with van der Waals surface area (Å²) in [6.07, 6.45) is 2.57. The normalized spacial score (nSPS) is 15.9. The van der Waals surface area contributed by atoms with Crippen LogP contribution in [0.3, 0.4) is 0 Å². The molecule has 0 aromatic heterocycles. The van der Waals surface area contributed by atoms with Crippen molar-refractivity contribution in [2.45, 2.75) is 40.2 Å². The third-order valence-corrected chi connectivity index (χ3v) is 3.64. The SMILES string of the molecule is CCNC(=NCc1ccc(C)cc1C)N1CCCC1. The van der Waals surface area contributed by atoms with E-state index in [1.807, 2.05) is 0 Å². The van der Waals surface area contributed by atoms with Gasteiger partial charge in [-0.15, -0.1) is 0 Å². The molecule has 0 amide bonds. The number of nitrogens with one attached hydrogen (secondary N) is 1. The number of hydrogen-bond donors (Lipinski definition) is 1. The molecular formula is C16H25N3. The smallest absolute Gasteiger partial charge is 0.194 e. The lowest BCUT2D eigenvalue weighted by molar-refractivity contribution is 0.493. The quantitative estimate of drug-likeness (QED) is 0.667. The average molecular weight is 259 g/mol. The van der Waals surface area contributed by atoms with Crippen molar-refractivity contribution in [1.29, 1.82) is 0 Å². The van der Waals surface area contributed by atoms with E-state index < -0.39 is 0 Å². The van der Waals surface area contributed by atoms with E-state index >= 15 is 0 Å². The van der Waals surface area contributed by atoms with Crippen LogP contribution >= 0.6 is 0 Å². The number of rotatable bonds is 3. The minimum absolute atomic E-state index is 0.769. The Morgan fingerprint density at radius 3 is 2.63 bits per heavy atom. The molecule has 1 heterocycles. The first-order chi connectivity index (χ1) is 9.20. The minimum Gasteiger partial charge on any atom is -0.357 e. The maximum Gasteiger partial charge on any atom is 0.194 e. The molecule has 2 rings (SSSR count). The van der Waals surface area contributed by atoms with Gasteiger partial charge in [-0.2, -0.15) is 0 Å². The number of benzene rings is 1. The molecule has 19 heavy (non-hydrogen) atoms. The van der Waals surface area contributed by atoms with Gasteiger partial charge in [0.2, 0.25) is 0 Å². The Labute approximate surface area is 116 Å². The Morgan fingerprint density at radius 2 is 2.00 bits per heavy atom. The highest BCUT2D eigenvalue weighted by molar-refractivity contribution is 5.80. The molecule has 1 aliphatic heterocycles. The van der Waals surface area contributed by atoms with Gasteiger partial charge in [0.25, 0.3) is 0 Å².